The molecule has 0 aliphatic carbocycles. The summed E-state index contributed by atoms with van der Waals surface area (Å²) < 4.78 is 15.8. The monoisotopic (exact) mass is 703 g/mol. The van der Waals surface area contributed by atoms with Gasteiger partial charge in [0.1, 0.15) is 16.7 Å². The van der Waals surface area contributed by atoms with E-state index in [2.05, 4.69) is 144 Å². The Balaban J connectivity index is 1.15. The van der Waals surface area contributed by atoms with Crippen LogP contribution >= 0.6 is 0 Å². The van der Waals surface area contributed by atoms with E-state index in [9.17, 15) is 0 Å². The molecule has 0 aliphatic heterocycles. The zero-order valence-corrected chi connectivity index (χ0v) is 29.4. The van der Waals surface area contributed by atoms with Gasteiger partial charge in [0.25, 0.3) is 0 Å². The highest BCUT2D eigenvalue weighted by atomic mass is 16.3. The van der Waals surface area contributed by atoms with E-state index < -0.39 is 0 Å². The zero-order valence-electron chi connectivity index (χ0n) is 29.4. The molecule has 4 heterocycles. The van der Waals surface area contributed by atoms with E-state index in [1.54, 1.807) is 0 Å². The van der Waals surface area contributed by atoms with Crippen LogP contribution in [0.3, 0.4) is 0 Å². The highest BCUT2D eigenvalue weighted by Gasteiger charge is 2.24. The molecule has 0 amide bonds. The van der Waals surface area contributed by atoms with Gasteiger partial charge in [0.15, 0.2) is 5.82 Å². The van der Waals surface area contributed by atoms with Crippen molar-refractivity contribution >= 4 is 76.6 Å². The van der Waals surface area contributed by atoms with Crippen LogP contribution in [0.1, 0.15) is 0 Å². The number of rotatable bonds is 4. The minimum atomic E-state index is 0.534. The Morgan fingerprint density at radius 3 is 1.98 bits per heavy atom. The van der Waals surface area contributed by atoms with Crippen LogP contribution in [0.2, 0.25) is 0 Å². The Morgan fingerprint density at radius 2 is 1.13 bits per heavy atom. The first-order chi connectivity index (χ1) is 27.3. The maximum absolute atomic E-state index is 6.83. The second-order valence-corrected chi connectivity index (χ2v) is 14.1. The Morgan fingerprint density at radius 1 is 0.418 bits per heavy atom. The molecule has 12 aromatic rings. The second kappa shape index (κ2) is 11.5. The summed E-state index contributed by atoms with van der Waals surface area (Å²) in [4.78, 5) is 10.5. The average molecular weight is 704 g/mol. The predicted molar refractivity (Wildman–Crippen MR) is 225 cm³/mol. The number of hydrogen-bond acceptors (Lipinski definition) is 4. The molecule has 55 heavy (non-hydrogen) atoms. The van der Waals surface area contributed by atoms with Gasteiger partial charge in [0, 0.05) is 27.1 Å². The molecule has 0 unspecified atom stereocenters. The lowest BCUT2D eigenvalue weighted by Crippen LogP contribution is -1.98. The maximum Gasteiger partial charge on any atom is 0.231 e. The molecule has 0 N–H and O–H groups in total. The number of nitrogens with zero attached hydrogens (tertiary/aromatic N) is 3. The Hall–Kier alpha value is -7.50. The fourth-order valence-corrected chi connectivity index (χ4v) is 8.58. The summed E-state index contributed by atoms with van der Waals surface area (Å²) in [6.45, 7) is 0. The molecular weight excluding hydrogens is 675 g/mol. The first kappa shape index (κ1) is 30.0. The predicted octanol–water partition coefficient (Wildman–Crippen LogP) is 13.5. The summed E-state index contributed by atoms with van der Waals surface area (Å²) in [6, 6.07) is 61.3. The van der Waals surface area contributed by atoms with Gasteiger partial charge in [0.2, 0.25) is 5.71 Å². The minimum Gasteiger partial charge on any atom is -0.455 e. The van der Waals surface area contributed by atoms with Gasteiger partial charge in [-0.2, -0.15) is 4.98 Å². The molecule has 0 spiro atoms. The number of fused-ring (bicyclic) bond motifs is 11. The molecule has 0 fully saturated rings. The van der Waals surface area contributed by atoms with Crippen LogP contribution in [0.4, 0.5) is 0 Å². The quantitative estimate of drug-likeness (QED) is 0.183. The van der Waals surface area contributed by atoms with E-state index in [1.807, 2.05) is 36.4 Å². The van der Waals surface area contributed by atoms with Crippen LogP contribution < -0.4 is 0 Å². The number of para-hydroxylation sites is 2. The summed E-state index contributed by atoms with van der Waals surface area (Å²) in [6.07, 6.45) is 0. The first-order valence-corrected chi connectivity index (χ1v) is 18.5. The lowest BCUT2D eigenvalue weighted by atomic mass is 10.0. The molecule has 5 heteroatoms. The van der Waals surface area contributed by atoms with Crippen LogP contribution in [0.5, 0.6) is 0 Å². The second-order valence-electron chi connectivity index (χ2n) is 14.1. The van der Waals surface area contributed by atoms with Crippen LogP contribution in [0, 0.1) is 0 Å². The third kappa shape index (κ3) is 4.41. The zero-order chi connectivity index (χ0) is 36.0. The fourth-order valence-electron chi connectivity index (χ4n) is 8.58. The molecule has 8 aromatic carbocycles. The number of aromatic nitrogens is 3. The topological polar surface area (TPSA) is 57.0 Å². The third-order valence-corrected chi connectivity index (χ3v) is 11.0. The van der Waals surface area contributed by atoms with E-state index in [-0.39, 0.29) is 0 Å². The molecule has 5 nitrogen and oxygen atoms in total. The standard InChI is InChI=1S/C50H29N3O2/c1-3-13-30(14-4-1)33-23-25-37-43(29-33)55-50-46(37)47(32-16-5-2-6-17-32)51-49(52-50)38-26-28-41(45-36-20-10-12-22-42(36)54-48(38)45)53-39-21-11-9-19-35(39)44-34-18-8-7-15-31(34)24-27-40(44)53/h1-29H. The van der Waals surface area contributed by atoms with E-state index in [4.69, 9.17) is 18.8 Å². The molecule has 0 atom stereocenters. The summed E-state index contributed by atoms with van der Waals surface area (Å²) in [5.41, 5.74) is 10.9. The third-order valence-electron chi connectivity index (χ3n) is 11.0. The largest absolute Gasteiger partial charge is 0.455 e. The number of furan rings is 2. The minimum absolute atomic E-state index is 0.534. The van der Waals surface area contributed by atoms with Gasteiger partial charge in [-0.1, -0.05) is 133 Å². The van der Waals surface area contributed by atoms with Gasteiger partial charge >= 0.3 is 0 Å². The van der Waals surface area contributed by atoms with Crippen LogP contribution in [-0.4, -0.2) is 14.5 Å². The van der Waals surface area contributed by atoms with Crippen molar-refractivity contribution in [2.24, 2.45) is 0 Å². The summed E-state index contributed by atoms with van der Waals surface area (Å²) in [5, 5.41) is 8.80. The highest BCUT2D eigenvalue weighted by molar-refractivity contribution is 6.23. The summed E-state index contributed by atoms with van der Waals surface area (Å²) in [7, 11) is 0. The molecule has 0 radical (unpaired) electrons. The van der Waals surface area contributed by atoms with E-state index >= 15 is 0 Å². The lowest BCUT2D eigenvalue weighted by Gasteiger charge is -2.12. The molecule has 0 saturated heterocycles. The van der Waals surface area contributed by atoms with Crippen molar-refractivity contribution in [1.82, 2.24) is 14.5 Å². The molecular formula is C50H29N3O2. The van der Waals surface area contributed by atoms with Crippen LogP contribution in [0.15, 0.2) is 185 Å². The number of benzene rings is 8. The van der Waals surface area contributed by atoms with Crippen LogP contribution in [-0.2, 0) is 0 Å². The summed E-state index contributed by atoms with van der Waals surface area (Å²) >= 11 is 0. The molecule has 4 aromatic heterocycles. The maximum atomic E-state index is 6.83. The Bertz CT molecular complexity index is 3480. The van der Waals surface area contributed by atoms with Gasteiger partial charge in [-0.05, 0) is 64.4 Å². The van der Waals surface area contributed by atoms with Crippen molar-refractivity contribution in [3.8, 4) is 39.5 Å². The summed E-state index contributed by atoms with van der Waals surface area (Å²) in [5.74, 6) is 0.539. The number of hydrogen-bond donors (Lipinski definition) is 0. The van der Waals surface area contributed by atoms with Crippen LogP contribution in [0.25, 0.3) is 116 Å². The SMILES string of the molecule is c1ccc(-c2ccc3c(c2)oc2nc(-c4ccc(-n5c6ccccc6c6c7ccccc7ccc65)c5c4oc4ccccc45)nc(-c4ccccc4)c23)cc1. The van der Waals surface area contributed by atoms with Gasteiger partial charge in [-0.15, -0.1) is 0 Å². The van der Waals surface area contributed by atoms with Crippen molar-refractivity contribution in [2.75, 3.05) is 0 Å². The van der Waals surface area contributed by atoms with Crippen molar-refractivity contribution in [2.45, 2.75) is 0 Å². The van der Waals surface area contributed by atoms with E-state index in [0.717, 1.165) is 83.0 Å². The van der Waals surface area contributed by atoms with Crippen molar-refractivity contribution in [1.29, 1.82) is 0 Å². The molecule has 0 aliphatic rings. The van der Waals surface area contributed by atoms with Gasteiger partial charge in [-0.3, -0.25) is 0 Å². The smallest absolute Gasteiger partial charge is 0.231 e. The molecule has 256 valence electrons. The van der Waals surface area contributed by atoms with Gasteiger partial charge < -0.3 is 13.4 Å². The average Bonchev–Trinajstić information content (AvgIpc) is 3.93. The fraction of sp³-hybridized carbons (Fsp3) is 0. The highest BCUT2D eigenvalue weighted by Crippen LogP contribution is 2.44. The molecule has 0 bridgehead atoms. The van der Waals surface area contributed by atoms with Gasteiger partial charge in [0.05, 0.1) is 38.8 Å². The molecule has 0 saturated carbocycles. The van der Waals surface area contributed by atoms with Crippen molar-refractivity contribution < 1.29 is 8.83 Å². The Labute approximate surface area is 314 Å². The van der Waals surface area contributed by atoms with E-state index in [1.165, 1.54) is 21.5 Å². The van der Waals surface area contributed by atoms with E-state index in [0.29, 0.717) is 11.5 Å². The van der Waals surface area contributed by atoms with Gasteiger partial charge in [-0.25, -0.2) is 4.98 Å². The van der Waals surface area contributed by atoms with Crippen molar-refractivity contribution in [3.05, 3.63) is 176 Å². The normalized spacial score (nSPS) is 12.0. The first-order valence-electron chi connectivity index (χ1n) is 18.5. The Kier molecular flexibility index (Phi) is 6.27. The van der Waals surface area contributed by atoms with Crippen molar-refractivity contribution in [3.63, 3.8) is 0 Å². The molecule has 12 rings (SSSR count). The lowest BCUT2D eigenvalue weighted by molar-refractivity contribution is 0.653.